The number of fused-ring (bicyclic) bond motifs is 1. The van der Waals surface area contributed by atoms with E-state index in [4.69, 9.17) is 0 Å². The lowest BCUT2D eigenvalue weighted by atomic mass is 9.94. The van der Waals surface area contributed by atoms with Gasteiger partial charge in [0.1, 0.15) is 11.6 Å². The molecular weight excluding hydrogens is 462 g/mol. The van der Waals surface area contributed by atoms with Crippen LogP contribution in [0, 0.1) is 25.5 Å². The molecule has 0 atom stereocenters. The molecule has 0 unspecified atom stereocenters. The van der Waals surface area contributed by atoms with Crippen LogP contribution in [0.3, 0.4) is 0 Å². The highest BCUT2D eigenvalue weighted by molar-refractivity contribution is 6.36. The number of benzene rings is 2. The van der Waals surface area contributed by atoms with Crippen LogP contribution in [-0.2, 0) is 4.79 Å². The van der Waals surface area contributed by atoms with E-state index in [1.807, 2.05) is 13.8 Å². The van der Waals surface area contributed by atoms with Crippen molar-refractivity contribution >= 4 is 29.2 Å². The van der Waals surface area contributed by atoms with Gasteiger partial charge in [-0.2, -0.15) is 0 Å². The number of carbonyl (C=O) groups is 2. The fourth-order valence-corrected chi connectivity index (χ4v) is 5.16. The SMILES string of the molecule is Cc1[nH]c(C=C2C(=O)Nc3cccc(-c4cc(F)cc(F)c4)c32)c(C)c1C(=O)NCCN1CCCC1. The van der Waals surface area contributed by atoms with Crippen LogP contribution in [0.25, 0.3) is 22.8 Å². The number of aromatic amines is 1. The first-order valence-corrected chi connectivity index (χ1v) is 12.1. The highest BCUT2D eigenvalue weighted by Gasteiger charge is 2.28. The summed E-state index contributed by atoms with van der Waals surface area (Å²) in [5.74, 6) is -1.86. The van der Waals surface area contributed by atoms with Gasteiger partial charge in [-0.3, -0.25) is 9.59 Å². The van der Waals surface area contributed by atoms with Crippen molar-refractivity contribution in [2.45, 2.75) is 26.7 Å². The van der Waals surface area contributed by atoms with Crippen LogP contribution in [0.4, 0.5) is 14.5 Å². The smallest absolute Gasteiger partial charge is 0.256 e. The minimum atomic E-state index is -0.693. The predicted molar refractivity (Wildman–Crippen MR) is 137 cm³/mol. The van der Waals surface area contributed by atoms with Crippen LogP contribution in [0.1, 0.15) is 45.7 Å². The molecule has 0 radical (unpaired) electrons. The molecule has 0 bridgehead atoms. The maximum atomic E-state index is 14.0. The van der Waals surface area contributed by atoms with Crippen molar-refractivity contribution in [1.29, 1.82) is 0 Å². The molecule has 6 nitrogen and oxygen atoms in total. The molecule has 2 amide bonds. The lowest BCUT2D eigenvalue weighted by Crippen LogP contribution is -2.33. The summed E-state index contributed by atoms with van der Waals surface area (Å²) in [6.07, 6.45) is 4.10. The van der Waals surface area contributed by atoms with Crippen molar-refractivity contribution in [3.05, 3.63) is 76.1 Å². The first-order valence-electron chi connectivity index (χ1n) is 12.1. The maximum Gasteiger partial charge on any atom is 0.256 e. The molecule has 186 valence electrons. The second kappa shape index (κ2) is 9.70. The van der Waals surface area contributed by atoms with E-state index < -0.39 is 11.6 Å². The van der Waals surface area contributed by atoms with Crippen molar-refractivity contribution in [2.24, 2.45) is 0 Å². The lowest BCUT2D eigenvalue weighted by Gasteiger charge is -2.14. The largest absolute Gasteiger partial charge is 0.358 e. The summed E-state index contributed by atoms with van der Waals surface area (Å²) in [5, 5.41) is 5.84. The molecule has 0 saturated carbocycles. The zero-order valence-corrected chi connectivity index (χ0v) is 20.3. The molecule has 0 aliphatic carbocycles. The number of nitrogens with one attached hydrogen (secondary N) is 3. The van der Waals surface area contributed by atoms with Crippen LogP contribution < -0.4 is 10.6 Å². The second-order valence-electron chi connectivity index (χ2n) is 9.37. The highest BCUT2D eigenvalue weighted by Crippen LogP contribution is 2.41. The van der Waals surface area contributed by atoms with Gasteiger partial charge in [0.15, 0.2) is 0 Å². The Morgan fingerprint density at radius 3 is 2.56 bits per heavy atom. The fraction of sp³-hybridized carbons (Fsp3) is 0.286. The van der Waals surface area contributed by atoms with E-state index >= 15 is 0 Å². The number of carbonyl (C=O) groups excluding carboxylic acids is 2. The summed E-state index contributed by atoms with van der Waals surface area (Å²) in [6.45, 7) is 7.21. The Morgan fingerprint density at radius 1 is 1.11 bits per heavy atom. The third-order valence-electron chi connectivity index (χ3n) is 6.90. The Kier molecular flexibility index (Phi) is 6.45. The molecule has 1 fully saturated rings. The van der Waals surface area contributed by atoms with Crippen LogP contribution in [0.5, 0.6) is 0 Å². The summed E-state index contributed by atoms with van der Waals surface area (Å²) < 4.78 is 27.9. The Hall–Kier alpha value is -3.78. The number of nitrogens with zero attached hydrogens (tertiary/aromatic N) is 1. The number of hydrogen-bond donors (Lipinski definition) is 3. The summed E-state index contributed by atoms with van der Waals surface area (Å²) in [5.41, 5.74) is 4.99. The zero-order valence-electron chi connectivity index (χ0n) is 20.3. The van der Waals surface area contributed by atoms with E-state index in [0.717, 1.165) is 31.3 Å². The first-order chi connectivity index (χ1) is 17.3. The van der Waals surface area contributed by atoms with Gasteiger partial charge in [0.05, 0.1) is 11.1 Å². The molecule has 3 aromatic rings. The average molecular weight is 491 g/mol. The molecule has 3 N–H and O–H groups in total. The van der Waals surface area contributed by atoms with Crippen LogP contribution in [0.15, 0.2) is 36.4 Å². The molecule has 1 aromatic heterocycles. The molecule has 2 aromatic carbocycles. The van der Waals surface area contributed by atoms with E-state index in [1.54, 1.807) is 24.3 Å². The quantitative estimate of drug-likeness (QED) is 0.431. The van der Waals surface area contributed by atoms with E-state index in [9.17, 15) is 18.4 Å². The van der Waals surface area contributed by atoms with Crippen LogP contribution in [0.2, 0.25) is 0 Å². The molecule has 36 heavy (non-hydrogen) atoms. The molecule has 2 aliphatic rings. The van der Waals surface area contributed by atoms with Crippen molar-refractivity contribution in [3.8, 4) is 11.1 Å². The number of aromatic nitrogens is 1. The minimum absolute atomic E-state index is 0.155. The molecule has 0 spiro atoms. The number of halogens is 2. The van der Waals surface area contributed by atoms with Gasteiger partial charge in [0.25, 0.3) is 11.8 Å². The lowest BCUT2D eigenvalue weighted by molar-refractivity contribution is -0.110. The Morgan fingerprint density at radius 2 is 1.83 bits per heavy atom. The Labute approximate surface area is 208 Å². The predicted octanol–water partition coefficient (Wildman–Crippen LogP) is 4.90. The van der Waals surface area contributed by atoms with Crippen molar-refractivity contribution in [3.63, 3.8) is 0 Å². The summed E-state index contributed by atoms with van der Waals surface area (Å²) in [4.78, 5) is 31.5. The summed E-state index contributed by atoms with van der Waals surface area (Å²) in [6, 6.07) is 8.51. The molecule has 8 heteroatoms. The molecular formula is C28H28F2N4O2. The first kappa shape index (κ1) is 23.9. The standard InChI is InChI=1S/C28H28F2N4O2/c1-16-24(32-17(2)25(16)28(36)31-8-11-34-9-3-4-10-34)15-22-26-21(6-5-7-23(26)33-27(22)35)18-12-19(29)14-20(30)13-18/h5-7,12-15,32H,3-4,8-11H2,1-2H3,(H,31,36)(H,33,35). The maximum absolute atomic E-state index is 14.0. The van der Waals surface area contributed by atoms with E-state index in [0.29, 0.717) is 51.4 Å². The van der Waals surface area contributed by atoms with Gasteiger partial charge in [-0.05, 0) is 80.7 Å². The van der Waals surface area contributed by atoms with Gasteiger partial charge in [0, 0.05) is 41.8 Å². The third-order valence-corrected chi connectivity index (χ3v) is 6.90. The van der Waals surface area contributed by atoms with Crippen molar-refractivity contribution in [1.82, 2.24) is 15.2 Å². The normalized spacial score (nSPS) is 16.4. The van der Waals surface area contributed by atoms with Gasteiger partial charge in [0.2, 0.25) is 0 Å². The Bertz CT molecular complexity index is 1370. The number of anilines is 1. The monoisotopic (exact) mass is 490 g/mol. The van der Waals surface area contributed by atoms with Crippen LogP contribution in [-0.4, -0.2) is 47.9 Å². The number of aryl methyl sites for hydroxylation is 1. The topological polar surface area (TPSA) is 77.2 Å². The van der Waals surface area contributed by atoms with Gasteiger partial charge >= 0.3 is 0 Å². The number of likely N-dealkylation sites (tertiary alicyclic amines) is 1. The second-order valence-corrected chi connectivity index (χ2v) is 9.37. The molecule has 5 rings (SSSR count). The van der Waals surface area contributed by atoms with Gasteiger partial charge in [-0.25, -0.2) is 8.78 Å². The number of H-pyrrole nitrogens is 1. The number of amides is 2. The molecule has 2 aliphatic heterocycles. The van der Waals surface area contributed by atoms with Crippen LogP contribution >= 0.6 is 0 Å². The zero-order chi connectivity index (χ0) is 25.4. The van der Waals surface area contributed by atoms with Gasteiger partial charge in [-0.15, -0.1) is 0 Å². The van der Waals surface area contributed by atoms with Gasteiger partial charge in [-0.1, -0.05) is 12.1 Å². The highest BCUT2D eigenvalue weighted by atomic mass is 19.1. The minimum Gasteiger partial charge on any atom is -0.358 e. The van der Waals surface area contributed by atoms with E-state index in [1.165, 1.54) is 25.0 Å². The van der Waals surface area contributed by atoms with E-state index in [-0.39, 0.29) is 11.8 Å². The number of hydrogen-bond acceptors (Lipinski definition) is 3. The van der Waals surface area contributed by atoms with Crippen molar-refractivity contribution < 1.29 is 18.4 Å². The van der Waals surface area contributed by atoms with Crippen molar-refractivity contribution in [2.75, 3.05) is 31.5 Å². The fourth-order valence-electron chi connectivity index (χ4n) is 5.16. The molecule has 1 saturated heterocycles. The van der Waals surface area contributed by atoms with Gasteiger partial charge < -0.3 is 20.5 Å². The third kappa shape index (κ3) is 4.56. The summed E-state index contributed by atoms with van der Waals surface area (Å²) >= 11 is 0. The number of rotatable bonds is 6. The average Bonchev–Trinajstić information content (AvgIpc) is 3.52. The Balaban J connectivity index is 1.46. The van der Waals surface area contributed by atoms with E-state index in [2.05, 4.69) is 20.5 Å². The molecule has 3 heterocycles. The summed E-state index contributed by atoms with van der Waals surface area (Å²) in [7, 11) is 0.